The third kappa shape index (κ3) is 3.41. The zero-order chi connectivity index (χ0) is 14.0. The van der Waals surface area contributed by atoms with Gasteiger partial charge in [-0.1, -0.05) is 29.3 Å². The minimum atomic E-state index is -1.26. The lowest BCUT2D eigenvalue weighted by molar-refractivity contribution is 0.627. The van der Waals surface area contributed by atoms with Crippen molar-refractivity contribution in [3.8, 4) is 0 Å². The summed E-state index contributed by atoms with van der Waals surface area (Å²) < 4.78 is 25.2. The molecule has 0 saturated heterocycles. The molecule has 2 aromatic carbocycles. The molecule has 1 unspecified atom stereocenters. The van der Waals surface area contributed by atoms with Gasteiger partial charge in [-0.15, -0.1) is 0 Å². The summed E-state index contributed by atoms with van der Waals surface area (Å²) in [5.41, 5.74) is 9.22. The van der Waals surface area contributed by atoms with Crippen LogP contribution in [0, 0.1) is 19.7 Å². The van der Waals surface area contributed by atoms with Gasteiger partial charge in [0.15, 0.2) is 0 Å². The first-order chi connectivity index (χ1) is 8.95. The highest BCUT2D eigenvalue weighted by Gasteiger charge is 2.10. The molecular formula is C15H16FNOS. The van der Waals surface area contributed by atoms with Crippen LogP contribution in [0.25, 0.3) is 0 Å². The molecule has 19 heavy (non-hydrogen) atoms. The van der Waals surface area contributed by atoms with E-state index in [1.54, 1.807) is 0 Å². The maximum Gasteiger partial charge on any atom is 0.125 e. The van der Waals surface area contributed by atoms with Crippen molar-refractivity contribution in [2.24, 2.45) is 0 Å². The number of nitrogens with two attached hydrogens (primary N) is 1. The van der Waals surface area contributed by atoms with Crippen LogP contribution in [0.15, 0.2) is 41.3 Å². The Balaban J connectivity index is 2.25. The number of rotatable bonds is 3. The van der Waals surface area contributed by atoms with E-state index in [0.717, 1.165) is 16.7 Å². The third-order valence-corrected chi connectivity index (χ3v) is 4.25. The molecule has 2 rings (SSSR count). The molecule has 0 spiro atoms. The van der Waals surface area contributed by atoms with Gasteiger partial charge in [-0.25, -0.2) is 4.39 Å². The summed E-state index contributed by atoms with van der Waals surface area (Å²) in [7, 11) is -1.26. The minimum Gasteiger partial charge on any atom is -0.398 e. The molecule has 0 aliphatic rings. The Hall–Kier alpha value is -1.68. The second-order valence-electron chi connectivity index (χ2n) is 4.67. The molecule has 4 heteroatoms. The van der Waals surface area contributed by atoms with Gasteiger partial charge < -0.3 is 5.73 Å². The van der Waals surface area contributed by atoms with Gasteiger partial charge in [-0.05, 0) is 37.6 Å². The average molecular weight is 277 g/mol. The molecular weight excluding hydrogens is 261 g/mol. The zero-order valence-corrected chi connectivity index (χ0v) is 11.8. The normalized spacial score (nSPS) is 12.4. The van der Waals surface area contributed by atoms with E-state index in [9.17, 15) is 8.60 Å². The second-order valence-corrected chi connectivity index (χ2v) is 6.09. The van der Waals surface area contributed by atoms with Crippen LogP contribution in [0.2, 0.25) is 0 Å². The molecule has 2 N–H and O–H groups in total. The molecule has 0 aliphatic carbocycles. The van der Waals surface area contributed by atoms with Crippen LogP contribution in [0.4, 0.5) is 10.1 Å². The molecule has 0 radical (unpaired) electrons. The fourth-order valence-corrected chi connectivity index (χ4v) is 3.27. The number of halogens is 1. The first kappa shape index (κ1) is 13.7. The minimum absolute atomic E-state index is 0.239. The van der Waals surface area contributed by atoms with Crippen LogP contribution in [0.5, 0.6) is 0 Å². The van der Waals surface area contributed by atoms with E-state index in [1.807, 2.05) is 26.0 Å². The predicted molar refractivity (Wildman–Crippen MR) is 76.8 cm³/mol. The van der Waals surface area contributed by atoms with E-state index < -0.39 is 16.6 Å². The fourth-order valence-electron chi connectivity index (χ4n) is 2.11. The van der Waals surface area contributed by atoms with Crippen LogP contribution in [0.3, 0.4) is 0 Å². The summed E-state index contributed by atoms with van der Waals surface area (Å²) >= 11 is 0. The van der Waals surface area contributed by atoms with Crippen molar-refractivity contribution in [3.05, 3.63) is 58.9 Å². The number of hydrogen-bond acceptors (Lipinski definition) is 2. The van der Waals surface area contributed by atoms with Crippen molar-refractivity contribution >= 4 is 16.5 Å². The van der Waals surface area contributed by atoms with Gasteiger partial charge in [0.2, 0.25) is 0 Å². The van der Waals surface area contributed by atoms with E-state index in [2.05, 4.69) is 6.07 Å². The summed E-state index contributed by atoms with van der Waals surface area (Å²) in [6.07, 6.45) is 0. The quantitative estimate of drug-likeness (QED) is 0.874. The van der Waals surface area contributed by atoms with E-state index >= 15 is 0 Å². The molecule has 0 saturated carbocycles. The Morgan fingerprint density at radius 3 is 2.32 bits per heavy atom. The Labute approximate surface area is 114 Å². The highest BCUT2D eigenvalue weighted by molar-refractivity contribution is 7.84. The van der Waals surface area contributed by atoms with E-state index in [-0.39, 0.29) is 5.69 Å². The van der Waals surface area contributed by atoms with Gasteiger partial charge in [0, 0.05) is 0 Å². The molecule has 0 heterocycles. The lowest BCUT2D eigenvalue weighted by Crippen LogP contribution is -2.02. The summed E-state index contributed by atoms with van der Waals surface area (Å²) in [6, 6.07) is 10.1. The number of hydrogen-bond donors (Lipinski definition) is 1. The SMILES string of the molecule is Cc1cc(C)cc(CS(=O)c2ccc(F)cc2N)c1. The summed E-state index contributed by atoms with van der Waals surface area (Å²) in [6.45, 7) is 4.01. The molecule has 0 aromatic heterocycles. The molecule has 2 aromatic rings. The molecule has 100 valence electrons. The average Bonchev–Trinajstić information content (AvgIpc) is 2.26. The fraction of sp³-hybridized carbons (Fsp3) is 0.200. The Morgan fingerprint density at radius 2 is 1.74 bits per heavy atom. The molecule has 0 bridgehead atoms. The standard InChI is InChI=1S/C15H16FNOS/c1-10-5-11(2)7-12(6-10)9-19(18)15-4-3-13(16)8-14(15)17/h3-8H,9,17H2,1-2H3. The van der Waals surface area contributed by atoms with Crippen LogP contribution >= 0.6 is 0 Å². The van der Waals surface area contributed by atoms with Crippen LogP contribution < -0.4 is 5.73 Å². The third-order valence-electron chi connectivity index (χ3n) is 2.80. The van der Waals surface area contributed by atoms with Crippen molar-refractivity contribution in [1.82, 2.24) is 0 Å². The van der Waals surface area contributed by atoms with Gasteiger partial charge in [-0.3, -0.25) is 4.21 Å². The molecule has 2 nitrogen and oxygen atoms in total. The van der Waals surface area contributed by atoms with Gasteiger partial charge in [0.1, 0.15) is 5.82 Å². The molecule has 0 amide bonds. The van der Waals surface area contributed by atoms with Crippen molar-refractivity contribution in [1.29, 1.82) is 0 Å². The molecule has 1 atom stereocenters. The maximum absolute atomic E-state index is 13.0. The monoisotopic (exact) mass is 277 g/mol. The van der Waals surface area contributed by atoms with Crippen LogP contribution in [-0.2, 0) is 16.6 Å². The number of nitrogen functional groups attached to an aromatic ring is 1. The Bertz CT molecular complexity index is 620. The van der Waals surface area contributed by atoms with Gasteiger partial charge >= 0.3 is 0 Å². The first-order valence-electron chi connectivity index (χ1n) is 5.96. The Kier molecular flexibility index (Phi) is 4.00. The van der Waals surface area contributed by atoms with Crippen molar-refractivity contribution in [2.75, 3.05) is 5.73 Å². The smallest absolute Gasteiger partial charge is 0.125 e. The summed E-state index contributed by atoms with van der Waals surface area (Å²) in [5.74, 6) is -0.0251. The molecule has 0 aliphatic heterocycles. The summed E-state index contributed by atoms with van der Waals surface area (Å²) in [5, 5.41) is 0. The van der Waals surface area contributed by atoms with Gasteiger partial charge in [0.25, 0.3) is 0 Å². The molecule has 0 fully saturated rings. The Morgan fingerprint density at radius 1 is 1.11 bits per heavy atom. The highest BCUT2D eigenvalue weighted by Crippen LogP contribution is 2.21. The first-order valence-corrected chi connectivity index (χ1v) is 7.28. The van der Waals surface area contributed by atoms with Crippen molar-refractivity contribution in [3.63, 3.8) is 0 Å². The van der Waals surface area contributed by atoms with Gasteiger partial charge in [-0.2, -0.15) is 0 Å². The second kappa shape index (κ2) is 5.53. The van der Waals surface area contributed by atoms with Crippen molar-refractivity contribution in [2.45, 2.75) is 24.5 Å². The van der Waals surface area contributed by atoms with Gasteiger partial charge in [0.05, 0.1) is 27.1 Å². The topological polar surface area (TPSA) is 43.1 Å². The van der Waals surface area contributed by atoms with E-state index in [4.69, 9.17) is 5.73 Å². The predicted octanol–water partition coefficient (Wildman–Crippen LogP) is 3.33. The number of benzene rings is 2. The van der Waals surface area contributed by atoms with E-state index in [0.29, 0.717) is 10.6 Å². The van der Waals surface area contributed by atoms with Crippen LogP contribution in [-0.4, -0.2) is 4.21 Å². The lowest BCUT2D eigenvalue weighted by atomic mass is 10.1. The van der Waals surface area contributed by atoms with Crippen molar-refractivity contribution < 1.29 is 8.60 Å². The van der Waals surface area contributed by atoms with Crippen LogP contribution in [0.1, 0.15) is 16.7 Å². The largest absolute Gasteiger partial charge is 0.398 e. The maximum atomic E-state index is 13.0. The lowest BCUT2D eigenvalue weighted by Gasteiger charge is -2.07. The van der Waals surface area contributed by atoms with E-state index in [1.165, 1.54) is 18.2 Å². The zero-order valence-electron chi connectivity index (χ0n) is 10.9. The summed E-state index contributed by atoms with van der Waals surface area (Å²) in [4.78, 5) is 0.487. The number of anilines is 1. The number of aryl methyl sites for hydroxylation is 2. The highest BCUT2D eigenvalue weighted by atomic mass is 32.2.